The minimum atomic E-state index is -0.826. The third-order valence-electron chi connectivity index (χ3n) is 2.30. The van der Waals surface area contributed by atoms with Crippen molar-refractivity contribution >= 4 is 23.1 Å². The van der Waals surface area contributed by atoms with Crippen molar-refractivity contribution in [1.29, 1.82) is 0 Å². The van der Waals surface area contributed by atoms with Crippen molar-refractivity contribution in [3.63, 3.8) is 0 Å². The zero-order chi connectivity index (χ0) is 10.6. The van der Waals surface area contributed by atoms with Gasteiger partial charge in [-0.15, -0.1) is 0 Å². The Kier molecular flexibility index (Phi) is 5.45. The number of halogens is 2. The molecule has 0 spiro atoms. The van der Waals surface area contributed by atoms with Crippen molar-refractivity contribution in [1.82, 2.24) is 0 Å². The Morgan fingerprint density at radius 1 is 1.29 bits per heavy atom. The molecule has 0 nitrogen and oxygen atoms in total. The number of rotatable bonds is 0. The number of allylic oxidation sites excluding steroid dienone is 1. The number of fused-ring (bicyclic) bond motifs is 1. The second kappa shape index (κ2) is 6.10. The van der Waals surface area contributed by atoms with Crippen LogP contribution in [0.25, 0.3) is 6.08 Å². The molecule has 0 saturated heterocycles. The molecule has 1 aliphatic rings. The molecule has 3 heteroatoms. The summed E-state index contributed by atoms with van der Waals surface area (Å²) in [5.74, 6) is 0.616. The van der Waals surface area contributed by atoms with Crippen molar-refractivity contribution in [3.05, 3.63) is 41.0 Å². The van der Waals surface area contributed by atoms with Crippen LogP contribution in [0.1, 0.15) is 29.5 Å². The summed E-state index contributed by atoms with van der Waals surface area (Å²) in [4.78, 5) is 0. The third kappa shape index (κ3) is 3.22. The second-order valence-electron chi connectivity index (χ2n) is 3.35. The molecular formula is C11H12Cl2Zr. The molecule has 0 heterocycles. The molecule has 0 bridgehead atoms. The van der Waals surface area contributed by atoms with Crippen LogP contribution in [0.5, 0.6) is 0 Å². The van der Waals surface area contributed by atoms with E-state index < -0.39 is 20.8 Å². The van der Waals surface area contributed by atoms with Crippen LogP contribution in [0.3, 0.4) is 0 Å². The van der Waals surface area contributed by atoms with Crippen LogP contribution in [0, 0.1) is 6.92 Å². The second-order valence-corrected chi connectivity index (χ2v) is 7.08. The Morgan fingerprint density at radius 3 is 2.57 bits per heavy atom. The Morgan fingerprint density at radius 2 is 1.93 bits per heavy atom. The van der Waals surface area contributed by atoms with Gasteiger partial charge in [0.15, 0.2) is 0 Å². The van der Waals surface area contributed by atoms with Gasteiger partial charge in [-0.1, -0.05) is 42.8 Å². The molecule has 0 radical (unpaired) electrons. The third-order valence-corrected chi connectivity index (χ3v) is 2.30. The quantitative estimate of drug-likeness (QED) is 0.662. The Labute approximate surface area is 104 Å². The topological polar surface area (TPSA) is 0 Å². The van der Waals surface area contributed by atoms with Crippen LogP contribution < -0.4 is 0 Å². The van der Waals surface area contributed by atoms with Crippen LogP contribution >= 0.6 is 17.0 Å². The molecule has 74 valence electrons. The molecule has 1 aromatic carbocycles. The van der Waals surface area contributed by atoms with Crippen molar-refractivity contribution in [2.45, 2.75) is 19.8 Å². The van der Waals surface area contributed by atoms with Crippen molar-refractivity contribution in [2.24, 2.45) is 0 Å². The van der Waals surface area contributed by atoms with Gasteiger partial charge in [-0.05, 0) is 24.0 Å². The Bertz CT molecular complexity index is 334. The van der Waals surface area contributed by atoms with E-state index in [-0.39, 0.29) is 0 Å². The predicted octanol–water partition coefficient (Wildman–Crippen LogP) is 4.50. The first-order valence-corrected chi connectivity index (χ1v) is 10.8. The Balaban J connectivity index is 0.000000293. The SMILES string of the molecule is Cc1ccc2c(c1)C(C)C=C2.[Cl][Zr][Cl]. The van der Waals surface area contributed by atoms with Gasteiger partial charge < -0.3 is 0 Å². The molecule has 1 aliphatic carbocycles. The summed E-state index contributed by atoms with van der Waals surface area (Å²) in [7, 11) is 9.87. The van der Waals surface area contributed by atoms with Crippen molar-refractivity contribution < 1.29 is 20.8 Å². The number of aryl methyl sites for hydroxylation is 1. The standard InChI is InChI=1S/C11H12.2ClH.Zr/c1-8-3-5-10-6-4-9(2)11(10)7-8;;;/h3-7,9H,1-2H3;2*1H;/q;;;+2/p-2. The van der Waals surface area contributed by atoms with Gasteiger partial charge in [0.1, 0.15) is 0 Å². The zero-order valence-electron chi connectivity index (χ0n) is 8.22. The van der Waals surface area contributed by atoms with Gasteiger partial charge in [0.2, 0.25) is 0 Å². The maximum atomic E-state index is 4.93. The number of hydrogen-bond donors (Lipinski definition) is 0. The van der Waals surface area contributed by atoms with Gasteiger partial charge in [-0.25, -0.2) is 0 Å². The summed E-state index contributed by atoms with van der Waals surface area (Å²) in [5.41, 5.74) is 4.23. The summed E-state index contributed by atoms with van der Waals surface area (Å²) in [6, 6.07) is 6.64. The molecule has 0 aromatic heterocycles. The van der Waals surface area contributed by atoms with Crippen LogP contribution in [0.15, 0.2) is 24.3 Å². The van der Waals surface area contributed by atoms with E-state index in [9.17, 15) is 0 Å². The summed E-state index contributed by atoms with van der Waals surface area (Å²) in [6.07, 6.45) is 4.46. The summed E-state index contributed by atoms with van der Waals surface area (Å²) in [5, 5.41) is 0. The van der Waals surface area contributed by atoms with E-state index in [2.05, 4.69) is 44.2 Å². The van der Waals surface area contributed by atoms with E-state index in [1.165, 1.54) is 16.7 Å². The predicted molar refractivity (Wildman–Crippen MR) is 60.3 cm³/mol. The average molecular weight is 306 g/mol. The fourth-order valence-corrected chi connectivity index (χ4v) is 1.59. The summed E-state index contributed by atoms with van der Waals surface area (Å²) < 4.78 is 0. The van der Waals surface area contributed by atoms with Crippen LogP contribution in [-0.4, -0.2) is 0 Å². The normalized spacial score (nSPS) is 17.0. The molecule has 0 fully saturated rings. The van der Waals surface area contributed by atoms with Gasteiger partial charge in [0, 0.05) is 0 Å². The molecule has 1 unspecified atom stereocenters. The van der Waals surface area contributed by atoms with Gasteiger partial charge >= 0.3 is 37.9 Å². The van der Waals surface area contributed by atoms with Gasteiger partial charge in [-0.3, -0.25) is 0 Å². The van der Waals surface area contributed by atoms with Crippen molar-refractivity contribution in [3.8, 4) is 0 Å². The van der Waals surface area contributed by atoms with E-state index in [1.54, 1.807) is 0 Å². The first kappa shape index (κ1) is 12.5. The van der Waals surface area contributed by atoms with E-state index in [4.69, 9.17) is 17.0 Å². The van der Waals surface area contributed by atoms with Gasteiger partial charge in [-0.2, -0.15) is 0 Å². The molecule has 0 saturated carbocycles. The van der Waals surface area contributed by atoms with E-state index in [1.807, 2.05) is 0 Å². The zero-order valence-corrected chi connectivity index (χ0v) is 12.2. The minimum absolute atomic E-state index is 0.616. The van der Waals surface area contributed by atoms with Crippen LogP contribution in [-0.2, 0) is 20.8 Å². The summed E-state index contributed by atoms with van der Waals surface area (Å²) in [6.45, 7) is 4.38. The molecule has 0 amide bonds. The number of hydrogen-bond acceptors (Lipinski definition) is 0. The molecular weight excluding hydrogens is 294 g/mol. The first-order valence-electron chi connectivity index (χ1n) is 4.44. The fraction of sp³-hybridized carbons (Fsp3) is 0.273. The monoisotopic (exact) mass is 304 g/mol. The first-order chi connectivity index (χ1) is 6.69. The van der Waals surface area contributed by atoms with E-state index >= 15 is 0 Å². The van der Waals surface area contributed by atoms with Gasteiger partial charge in [0.05, 0.1) is 0 Å². The molecule has 1 atom stereocenters. The summed E-state index contributed by atoms with van der Waals surface area (Å²) >= 11 is -0.826. The molecule has 0 aliphatic heterocycles. The average Bonchev–Trinajstić information content (AvgIpc) is 2.49. The Hall–Kier alpha value is 0.423. The van der Waals surface area contributed by atoms with E-state index in [0.29, 0.717) is 5.92 Å². The fourth-order valence-electron chi connectivity index (χ4n) is 1.59. The van der Waals surface area contributed by atoms with Gasteiger partial charge in [0.25, 0.3) is 0 Å². The molecule has 14 heavy (non-hydrogen) atoms. The molecule has 2 rings (SSSR count). The number of benzene rings is 1. The molecule has 1 aromatic rings. The van der Waals surface area contributed by atoms with Crippen molar-refractivity contribution in [2.75, 3.05) is 0 Å². The van der Waals surface area contributed by atoms with Crippen LogP contribution in [0.4, 0.5) is 0 Å². The van der Waals surface area contributed by atoms with Crippen LogP contribution in [0.2, 0.25) is 0 Å². The maximum absolute atomic E-state index is 4.93. The molecule has 0 N–H and O–H groups in total. The van der Waals surface area contributed by atoms with E-state index in [0.717, 1.165) is 0 Å².